The number of primary amides is 1. The van der Waals surface area contributed by atoms with Crippen molar-refractivity contribution in [2.75, 3.05) is 0 Å². The number of hydrogen-bond acceptors (Lipinski definition) is 2. The molecule has 1 rings (SSSR count). The van der Waals surface area contributed by atoms with E-state index < -0.39 is 23.7 Å². The van der Waals surface area contributed by atoms with Crippen molar-refractivity contribution in [3.8, 4) is 0 Å². The molecule has 0 atom stereocenters. The Labute approximate surface area is 100 Å². The van der Waals surface area contributed by atoms with Gasteiger partial charge in [-0.2, -0.15) is 13.2 Å². The molecule has 0 fully saturated rings. The highest BCUT2D eigenvalue weighted by Crippen LogP contribution is 2.29. The molecule has 0 bridgehead atoms. The molecule has 0 aliphatic carbocycles. The van der Waals surface area contributed by atoms with E-state index in [1.54, 1.807) is 0 Å². The molecule has 4 N–H and O–H groups in total. The van der Waals surface area contributed by atoms with Gasteiger partial charge in [-0.1, -0.05) is 12.1 Å². The van der Waals surface area contributed by atoms with Gasteiger partial charge < -0.3 is 5.73 Å². The topological polar surface area (TPSA) is 84.2 Å². The highest BCUT2D eigenvalue weighted by atomic mass is 19.4. The van der Waals surface area contributed by atoms with Gasteiger partial charge >= 0.3 is 12.2 Å². The van der Waals surface area contributed by atoms with Crippen LogP contribution in [0.1, 0.15) is 11.1 Å². The number of alkyl halides is 3. The average molecular weight is 261 g/mol. The van der Waals surface area contributed by atoms with Crippen LogP contribution < -0.4 is 16.6 Å². The van der Waals surface area contributed by atoms with Gasteiger partial charge in [0, 0.05) is 0 Å². The first-order valence-corrected chi connectivity index (χ1v) is 4.79. The third-order valence-electron chi connectivity index (χ3n) is 1.97. The van der Waals surface area contributed by atoms with E-state index in [1.807, 2.05) is 10.9 Å². The molecule has 1 aromatic rings. The maximum atomic E-state index is 12.3. The van der Waals surface area contributed by atoms with Crippen LogP contribution in [0.25, 0.3) is 0 Å². The highest BCUT2D eigenvalue weighted by molar-refractivity contribution is 5.81. The molecule has 98 valence electrons. The largest absolute Gasteiger partial charge is 0.416 e. The smallest absolute Gasteiger partial charge is 0.350 e. The summed E-state index contributed by atoms with van der Waals surface area (Å²) in [5.74, 6) is -0.589. The second kappa shape index (κ2) is 5.39. The molecular weight excluding hydrogens is 251 g/mol. The van der Waals surface area contributed by atoms with Crippen LogP contribution >= 0.6 is 0 Å². The molecule has 0 heterocycles. The lowest BCUT2D eigenvalue weighted by Gasteiger charge is -2.08. The SMILES string of the molecule is NC(=O)NNC(=O)Cc1ccc(C(F)(F)F)cc1. The normalized spacial score (nSPS) is 10.8. The molecule has 0 spiro atoms. The van der Waals surface area contributed by atoms with Gasteiger partial charge in [-0.05, 0) is 17.7 Å². The molecule has 5 nitrogen and oxygen atoms in total. The molecular formula is C10H10F3N3O2. The fourth-order valence-corrected chi connectivity index (χ4v) is 1.17. The average Bonchev–Trinajstić information content (AvgIpc) is 2.26. The first-order chi connectivity index (χ1) is 8.29. The molecule has 0 saturated heterocycles. The minimum absolute atomic E-state index is 0.168. The highest BCUT2D eigenvalue weighted by Gasteiger charge is 2.29. The zero-order chi connectivity index (χ0) is 13.8. The van der Waals surface area contributed by atoms with Crippen LogP contribution in [0.3, 0.4) is 0 Å². The summed E-state index contributed by atoms with van der Waals surface area (Å²) in [6.45, 7) is 0. The number of urea groups is 1. The summed E-state index contributed by atoms with van der Waals surface area (Å²) >= 11 is 0. The van der Waals surface area contributed by atoms with E-state index in [2.05, 4.69) is 0 Å². The van der Waals surface area contributed by atoms with Gasteiger partial charge in [-0.15, -0.1) is 0 Å². The fraction of sp³-hybridized carbons (Fsp3) is 0.200. The minimum Gasteiger partial charge on any atom is -0.350 e. The van der Waals surface area contributed by atoms with Gasteiger partial charge in [-0.25, -0.2) is 10.2 Å². The van der Waals surface area contributed by atoms with Crippen LogP contribution in [-0.2, 0) is 17.4 Å². The Bertz CT molecular complexity index is 443. The Morgan fingerprint density at radius 1 is 1.11 bits per heavy atom. The van der Waals surface area contributed by atoms with Crippen molar-refractivity contribution in [2.45, 2.75) is 12.6 Å². The fourth-order valence-electron chi connectivity index (χ4n) is 1.17. The Morgan fingerprint density at radius 2 is 1.67 bits per heavy atom. The molecule has 3 amide bonds. The van der Waals surface area contributed by atoms with Crippen molar-refractivity contribution < 1.29 is 22.8 Å². The number of carbonyl (C=O) groups excluding carboxylic acids is 2. The Hall–Kier alpha value is -2.25. The third-order valence-corrected chi connectivity index (χ3v) is 1.97. The predicted molar refractivity (Wildman–Crippen MR) is 56.0 cm³/mol. The number of amides is 3. The van der Waals surface area contributed by atoms with Crippen LogP contribution in [0.15, 0.2) is 24.3 Å². The molecule has 0 aromatic heterocycles. The van der Waals surface area contributed by atoms with Crippen molar-refractivity contribution >= 4 is 11.9 Å². The molecule has 18 heavy (non-hydrogen) atoms. The number of hydrazine groups is 1. The first kappa shape index (κ1) is 13.8. The van der Waals surface area contributed by atoms with Crippen molar-refractivity contribution in [3.63, 3.8) is 0 Å². The van der Waals surface area contributed by atoms with Gasteiger partial charge in [0.1, 0.15) is 0 Å². The quantitative estimate of drug-likeness (QED) is 0.692. The Kier molecular flexibility index (Phi) is 4.13. The van der Waals surface area contributed by atoms with Crippen molar-refractivity contribution in [1.29, 1.82) is 0 Å². The van der Waals surface area contributed by atoms with Crippen LogP contribution in [0.5, 0.6) is 0 Å². The number of carbonyl (C=O) groups is 2. The summed E-state index contributed by atoms with van der Waals surface area (Å²) in [5.41, 5.74) is 8.15. The molecule has 0 unspecified atom stereocenters. The number of rotatable bonds is 2. The lowest BCUT2D eigenvalue weighted by Crippen LogP contribution is -2.45. The van der Waals surface area contributed by atoms with Crippen molar-refractivity contribution in [1.82, 2.24) is 10.9 Å². The number of nitrogens with two attached hydrogens (primary N) is 1. The minimum atomic E-state index is -4.41. The second-order valence-corrected chi connectivity index (χ2v) is 3.41. The van der Waals surface area contributed by atoms with E-state index in [0.717, 1.165) is 12.1 Å². The van der Waals surface area contributed by atoms with E-state index in [0.29, 0.717) is 5.56 Å². The van der Waals surface area contributed by atoms with Crippen LogP contribution in [0.2, 0.25) is 0 Å². The number of nitrogens with one attached hydrogen (secondary N) is 2. The van der Waals surface area contributed by atoms with Crippen molar-refractivity contribution in [3.05, 3.63) is 35.4 Å². The maximum Gasteiger partial charge on any atom is 0.416 e. The number of hydrogen-bond donors (Lipinski definition) is 3. The third kappa shape index (κ3) is 4.32. The van der Waals surface area contributed by atoms with Crippen LogP contribution in [0.4, 0.5) is 18.0 Å². The van der Waals surface area contributed by atoms with Gasteiger partial charge in [0.15, 0.2) is 0 Å². The number of benzene rings is 1. The van der Waals surface area contributed by atoms with Gasteiger partial charge in [0.2, 0.25) is 5.91 Å². The summed E-state index contributed by atoms with van der Waals surface area (Å²) in [6.07, 6.45) is -4.58. The summed E-state index contributed by atoms with van der Waals surface area (Å²) < 4.78 is 36.8. The standard InChI is InChI=1S/C10H10F3N3O2/c11-10(12,13)7-3-1-6(2-4-7)5-8(17)15-16-9(14)18/h1-4H,5H2,(H,15,17)(H3,14,16,18). The van der Waals surface area contributed by atoms with Crippen LogP contribution in [-0.4, -0.2) is 11.9 Å². The molecule has 0 radical (unpaired) electrons. The van der Waals surface area contributed by atoms with E-state index in [4.69, 9.17) is 5.73 Å². The first-order valence-electron chi connectivity index (χ1n) is 4.79. The second-order valence-electron chi connectivity index (χ2n) is 3.41. The van der Waals surface area contributed by atoms with Crippen LogP contribution in [0, 0.1) is 0 Å². The van der Waals surface area contributed by atoms with Gasteiger partial charge in [0.05, 0.1) is 12.0 Å². The number of halogens is 3. The van der Waals surface area contributed by atoms with Gasteiger partial charge in [0.25, 0.3) is 0 Å². The zero-order valence-electron chi connectivity index (χ0n) is 9.04. The summed E-state index contributed by atoms with van der Waals surface area (Å²) in [7, 11) is 0. The maximum absolute atomic E-state index is 12.3. The predicted octanol–water partition coefficient (Wildman–Crippen LogP) is 0.947. The van der Waals surface area contributed by atoms with Crippen molar-refractivity contribution in [2.24, 2.45) is 5.73 Å². The Morgan fingerprint density at radius 3 is 2.11 bits per heavy atom. The molecule has 0 aliphatic rings. The molecule has 0 aliphatic heterocycles. The van der Waals surface area contributed by atoms with E-state index in [9.17, 15) is 22.8 Å². The van der Waals surface area contributed by atoms with Gasteiger partial charge in [-0.3, -0.25) is 10.2 Å². The molecule has 1 aromatic carbocycles. The van der Waals surface area contributed by atoms with E-state index in [-0.39, 0.29) is 6.42 Å². The van der Waals surface area contributed by atoms with E-state index in [1.165, 1.54) is 12.1 Å². The lowest BCUT2D eigenvalue weighted by molar-refractivity contribution is -0.137. The summed E-state index contributed by atoms with van der Waals surface area (Å²) in [5, 5.41) is 0. The van der Waals surface area contributed by atoms with E-state index >= 15 is 0 Å². The summed E-state index contributed by atoms with van der Waals surface area (Å²) in [6, 6.07) is 3.20. The Balaban J connectivity index is 2.59. The summed E-state index contributed by atoms with van der Waals surface area (Å²) in [4.78, 5) is 21.5. The molecule has 8 heteroatoms. The zero-order valence-corrected chi connectivity index (χ0v) is 9.04. The lowest BCUT2D eigenvalue weighted by atomic mass is 10.1. The monoisotopic (exact) mass is 261 g/mol. The molecule has 0 saturated carbocycles.